The molecule has 1 aromatic carbocycles. The smallest absolute Gasteiger partial charge is 0.336 e. The van der Waals surface area contributed by atoms with Crippen molar-refractivity contribution in [3.8, 4) is 0 Å². The number of ether oxygens (including phenoxy) is 1. The van der Waals surface area contributed by atoms with Crippen molar-refractivity contribution < 1.29 is 19.7 Å². The number of aliphatic hydroxyl groups excluding tert-OH is 1. The van der Waals surface area contributed by atoms with Gasteiger partial charge in [-0.2, -0.15) is 0 Å². The van der Waals surface area contributed by atoms with Crippen LogP contribution in [0, 0.1) is 0 Å². The highest BCUT2D eigenvalue weighted by Gasteiger charge is 2.21. The second kappa shape index (κ2) is 5.95. The standard InChI is InChI=1S/C13H17NO4/c15-9-11-8-14(5-6-18-11)7-10-3-1-2-4-12(10)13(16)17/h1-4,11,15H,5-9H2,(H,16,17). The first-order valence-corrected chi connectivity index (χ1v) is 5.96. The lowest BCUT2D eigenvalue weighted by Crippen LogP contribution is -2.43. The van der Waals surface area contributed by atoms with Crippen LogP contribution in [0.3, 0.4) is 0 Å². The molecule has 0 aliphatic carbocycles. The molecule has 0 bridgehead atoms. The summed E-state index contributed by atoms with van der Waals surface area (Å²) < 4.78 is 5.36. The minimum Gasteiger partial charge on any atom is -0.478 e. The van der Waals surface area contributed by atoms with Crippen molar-refractivity contribution in [2.45, 2.75) is 12.6 Å². The normalized spacial score (nSPS) is 20.8. The summed E-state index contributed by atoms with van der Waals surface area (Å²) >= 11 is 0. The molecular weight excluding hydrogens is 234 g/mol. The number of hydrogen-bond donors (Lipinski definition) is 2. The molecule has 0 amide bonds. The van der Waals surface area contributed by atoms with Crippen LogP contribution in [0.15, 0.2) is 24.3 Å². The number of aromatic carboxylic acids is 1. The van der Waals surface area contributed by atoms with Gasteiger partial charge in [-0.15, -0.1) is 0 Å². The van der Waals surface area contributed by atoms with Crippen molar-refractivity contribution in [2.24, 2.45) is 0 Å². The number of hydrogen-bond acceptors (Lipinski definition) is 4. The molecule has 1 heterocycles. The molecule has 5 nitrogen and oxygen atoms in total. The zero-order chi connectivity index (χ0) is 13.0. The fraction of sp³-hybridized carbons (Fsp3) is 0.462. The summed E-state index contributed by atoms with van der Waals surface area (Å²) in [6.45, 7) is 2.52. The van der Waals surface area contributed by atoms with E-state index in [9.17, 15) is 4.79 Å². The molecule has 1 atom stereocenters. The van der Waals surface area contributed by atoms with Crippen LogP contribution in [0.4, 0.5) is 0 Å². The number of benzene rings is 1. The monoisotopic (exact) mass is 251 g/mol. The van der Waals surface area contributed by atoms with Crippen molar-refractivity contribution >= 4 is 5.97 Å². The molecule has 1 unspecified atom stereocenters. The first-order valence-electron chi connectivity index (χ1n) is 5.96. The number of morpholine rings is 1. The lowest BCUT2D eigenvalue weighted by atomic mass is 10.1. The zero-order valence-corrected chi connectivity index (χ0v) is 10.1. The number of carboxylic acid groups (broad SMARTS) is 1. The summed E-state index contributed by atoms with van der Waals surface area (Å²) in [6, 6.07) is 7.00. The predicted octanol–water partition coefficient (Wildman–Crippen LogP) is 0.578. The number of carboxylic acids is 1. The average Bonchev–Trinajstić information content (AvgIpc) is 2.39. The third-order valence-corrected chi connectivity index (χ3v) is 3.07. The topological polar surface area (TPSA) is 70.0 Å². The number of rotatable bonds is 4. The molecule has 2 rings (SSSR count). The van der Waals surface area contributed by atoms with Crippen molar-refractivity contribution in [3.63, 3.8) is 0 Å². The number of aliphatic hydroxyl groups is 1. The van der Waals surface area contributed by atoms with E-state index >= 15 is 0 Å². The number of nitrogens with zero attached hydrogens (tertiary/aromatic N) is 1. The minimum absolute atomic E-state index is 0.00290. The maximum Gasteiger partial charge on any atom is 0.336 e. The summed E-state index contributed by atoms with van der Waals surface area (Å²) in [5, 5.41) is 18.2. The Morgan fingerprint density at radius 1 is 1.44 bits per heavy atom. The molecule has 1 aliphatic heterocycles. The van der Waals surface area contributed by atoms with Gasteiger partial charge in [0.05, 0.1) is 24.9 Å². The molecule has 1 fully saturated rings. The van der Waals surface area contributed by atoms with Gasteiger partial charge in [0.2, 0.25) is 0 Å². The predicted molar refractivity (Wildman–Crippen MR) is 65.5 cm³/mol. The van der Waals surface area contributed by atoms with Crippen LogP contribution in [-0.4, -0.2) is 53.5 Å². The Kier molecular flexibility index (Phi) is 4.30. The fourth-order valence-electron chi connectivity index (χ4n) is 2.14. The van der Waals surface area contributed by atoms with Crippen molar-refractivity contribution in [1.29, 1.82) is 0 Å². The Morgan fingerprint density at radius 3 is 2.94 bits per heavy atom. The lowest BCUT2D eigenvalue weighted by molar-refractivity contribution is -0.0551. The van der Waals surface area contributed by atoms with Crippen LogP contribution in [0.25, 0.3) is 0 Å². The third kappa shape index (κ3) is 3.07. The van der Waals surface area contributed by atoms with E-state index in [4.69, 9.17) is 14.9 Å². The quantitative estimate of drug-likeness (QED) is 0.819. The number of carbonyl (C=O) groups is 1. The van der Waals surface area contributed by atoms with E-state index in [1.54, 1.807) is 12.1 Å². The summed E-state index contributed by atoms with van der Waals surface area (Å²) in [5.41, 5.74) is 1.13. The van der Waals surface area contributed by atoms with E-state index in [1.165, 1.54) is 0 Å². The highest BCUT2D eigenvalue weighted by Crippen LogP contribution is 2.14. The molecule has 98 valence electrons. The fourth-order valence-corrected chi connectivity index (χ4v) is 2.14. The Morgan fingerprint density at radius 2 is 2.22 bits per heavy atom. The van der Waals surface area contributed by atoms with E-state index < -0.39 is 5.97 Å². The summed E-state index contributed by atoms with van der Waals surface area (Å²) in [7, 11) is 0. The van der Waals surface area contributed by atoms with Gasteiger partial charge in [0.25, 0.3) is 0 Å². The van der Waals surface area contributed by atoms with Gasteiger partial charge < -0.3 is 14.9 Å². The molecule has 0 spiro atoms. The molecule has 0 saturated carbocycles. The molecule has 0 radical (unpaired) electrons. The molecule has 1 aromatic rings. The van der Waals surface area contributed by atoms with Crippen LogP contribution in [0.1, 0.15) is 15.9 Å². The van der Waals surface area contributed by atoms with Crippen molar-refractivity contribution in [1.82, 2.24) is 4.90 Å². The van der Waals surface area contributed by atoms with Gasteiger partial charge in [-0.05, 0) is 11.6 Å². The van der Waals surface area contributed by atoms with Crippen LogP contribution in [0.2, 0.25) is 0 Å². The lowest BCUT2D eigenvalue weighted by Gasteiger charge is -2.32. The van der Waals surface area contributed by atoms with Crippen LogP contribution < -0.4 is 0 Å². The highest BCUT2D eigenvalue weighted by atomic mass is 16.5. The maximum atomic E-state index is 11.1. The van der Waals surface area contributed by atoms with E-state index in [1.807, 2.05) is 12.1 Å². The minimum atomic E-state index is -0.905. The molecule has 18 heavy (non-hydrogen) atoms. The van der Waals surface area contributed by atoms with Gasteiger partial charge in [0, 0.05) is 19.6 Å². The summed E-state index contributed by atoms with van der Waals surface area (Å²) in [5.74, 6) is -0.905. The Labute approximate surface area is 106 Å². The van der Waals surface area contributed by atoms with E-state index in [0.29, 0.717) is 25.3 Å². The van der Waals surface area contributed by atoms with Gasteiger partial charge in [-0.1, -0.05) is 18.2 Å². The summed E-state index contributed by atoms with van der Waals surface area (Å²) in [6.07, 6.45) is -0.171. The van der Waals surface area contributed by atoms with E-state index in [0.717, 1.165) is 12.1 Å². The van der Waals surface area contributed by atoms with Gasteiger partial charge in [-0.25, -0.2) is 4.79 Å². The third-order valence-electron chi connectivity index (χ3n) is 3.07. The Balaban J connectivity index is 2.07. The Hall–Kier alpha value is -1.43. The van der Waals surface area contributed by atoms with E-state index in [2.05, 4.69) is 4.90 Å². The second-order valence-corrected chi connectivity index (χ2v) is 4.37. The average molecular weight is 251 g/mol. The molecule has 5 heteroatoms. The van der Waals surface area contributed by atoms with Gasteiger partial charge in [0.1, 0.15) is 0 Å². The first-order chi connectivity index (χ1) is 8.70. The van der Waals surface area contributed by atoms with Crippen LogP contribution in [-0.2, 0) is 11.3 Å². The van der Waals surface area contributed by atoms with Gasteiger partial charge in [-0.3, -0.25) is 4.90 Å². The summed E-state index contributed by atoms with van der Waals surface area (Å²) in [4.78, 5) is 13.2. The highest BCUT2D eigenvalue weighted by molar-refractivity contribution is 5.89. The second-order valence-electron chi connectivity index (χ2n) is 4.37. The van der Waals surface area contributed by atoms with Crippen molar-refractivity contribution in [3.05, 3.63) is 35.4 Å². The zero-order valence-electron chi connectivity index (χ0n) is 10.1. The molecule has 1 aliphatic rings. The van der Waals surface area contributed by atoms with Crippen LogP contribution in [0.5, 0.6) is 0 Å². The van der Waals surface area contributed by atoms with Crippen LogP contribution >= 0.6 is 0 Å². The van der Waals surface area contributed by atoms with E-state index in [-0.39, 0.29) is 12.7 Å². The first kappa shape index (κ1) is 13.0. The van der Waals surface area contributed by atoms with Gasteiger partial charge in [0.15, 0.2) is 0 Å². The Bertz CT molecular complexity index is 421. The molecule has 1 saturated heterocycles. The van der Waals surface area contributed by atoms with Crippen molar-refractivity contribution in [2.75, 3.05) is 26.3 Å². The molecule has 2 N–H and O–H groups in total. The molecule has 0 aromatic heterocycles. The SMILES string of the molecule is O=C(O)c1ccccc1CN1CCOC(CO)C1. The van der Waals surface area contributed by atoms with Gasteiger partial charge >= 0.3 is 5.97 Å². The molecular formula is C13H17NO4. The largest absolute Gasteiger partial charge is 0.478 e. The maximum absolute atomic E-state index is 11.1.